The molecule has 0 bridgehead atoms. The van der Waals surface area contributed by atoms with Crippen molar-refractivity contribution in [3.8, 4) is 45.3 Å². The van der Waals surface area contributed by atoms with Gasteiger partial charge in [0.2, 0.25) is 0 Å². The molecule has 6 heterocycles. The maximum absolute atomic E-state index is 5.25. The third kappa shape index (κ3) is 9.68. The Bertz CT molecular complexity index is 1690. The van der Waals surface area contributed by atoms with E-state index in [9.17, 15) is 0 Å². The molecule has 0 fully saturated rings. The molecule has 0 aliphatic heterocycles. The van der Waals surface area contributed by atoms with Gasteiger partial charge in [0.15, 0.2) is 0 Å². The van der Waals surface area contributed by atoms with Gasteiger partial charge in [0.25, 0.3) is 0 Å². The third-order valence-electron chi connectivity index (χ3n) is 6.22. The molecule has 0 saturated heterocycles. The van der Waals surface area contributed by atoms with Gasteiger partial charge in [-0.05, 0) is 101 Å². The first kappa shape index (κ1) is 32.3. The fourth-order valence-electron chi connectivity index (χ4n) is 4.06. The average Bonchev–Trinajstić information content (AvgIpc) is 3.14. The van der Waals surface area contributed by atoms with E-state index >= 15 is 0 Å². The van der Waals surface area contributed by atoms with Crippen molar-refractivity contribution in [3.63, 3.8) is 0 Å². The fraction of sp³-hybridized carbons (Fsp3) is 0. The Kier molecular flexibility index (Phi) is 12.5. The molecule has 0 atom stereocenters. The van der Waals surface area contributed by atoms with Gasteiger partial charge >= 0.3 is 0 Å². The Hall–Kier alpha value is -5.66. The number of hydrogen-bond donors (Lipinski definition) is 1. The van der Waals surface area contributed by atoms with Crippen molar-refractivity contribution in [3.05, 3.63) is 165 Å². The first-order valence-electron chi connectivity index (χ1n) is 13.8. The molecule has 0 radical (unpaired) electrons. The van der Waals surface area contributed by atoms with Crippen LogP contribution in [0.2, 0.25) is 0 Å². The zero-order valence-electron chi connectivity index (χ0n) is 24.1. The van der Waals surface area contributed by atoms with E-state index < -0.39 is 0 Å². The molecule has 0 saturated carbocycles. The second kappa shape index (κ2) is 17.5. The molecular formula is C36H29N8Ru+. The molecule has 1 aromatic carbocycles. The Balaban J connectivity index is 0.000000160. The normalized spacial score (nSPS) is 9.69. The van der Waals surface area contributed by atoms with Crippen molar-refractivity contribution in [2.24, 2.45) is 5.11 Å². The minimum atomic E-state index is 0. The number of nitrogens with two attached hydrogens (primary N) is 1. The molecule has 7 aromatic rings. The average molecular weight is 675 g/mol. The molecule has 0 aliphatic rings. The molecule has 2 N–H and O–H groups in total. The Morgan fingerprint density at radius 3 is 1.04 bits per heavy atom. The summed E-state index contributed by atoms with van der Waals surface area (Å²) < 4.78 is 0. The molecule has 0 amide bonds. The summed E-state index contributed by atoms with van der Waals surface area (Å²) >= 11 is 0. The summed E-state index contributed by atoms with van der Waals surface area (Å²) in [7, 11) is 0. The van der Waals surface area contributed by atoms with Crippen LogP contribution in [0.3, 0.4) is 0 Å². The van der Waals surface area contributed by atoms with Crippen LogP contribution in [0.25, 0.3) is 45.3 Å². The molecule has 0 spiro atoms. The van der Waals surface area contributed by atoms with Crippen LogP contribution >= 0.6 is 0 Å². The number of aromatic nitrogens is 6. The smallest absolute Gasteiger partial charge is 0.129 e. The van der Waals surface area contributed by atoms with Crippen LogP contribution < -0.4 is 5.53 Å². The van der Waals surface area contributed by atoms with Crippen molar-refractivity contribution < 1.29 is 25.0 Å². The van der Waals surface area contributed by atoms with E-state index in [0.29, 0.717) is 0 Å². The maximum atomic E-state index is 5.25. The molecule has 0 aliphatic carbocycles. The predicted octanol–water partition coefficient (Wildman–Crippen LogP) is 6.94. The van der Waals surface area contributed by atoms with E-state index in [-0.39, 0.29) is 19.5 Å². The molecule has 6 aromatic heterocycles. The van der Waals surface area contributed by atoms with Crippen molar-refractivity contribution >= 4 is 5.69 Å². The van der Waals surface area contributed by atoms with Crippen molar-refractivity contribution in [1.29, 1.82) is 0 Å². The fourth-order valence-corrected chi connectivity index (χ4v) is 4.06. The SMILES string of the molecule is [NH2+]=Nc1ccc(-c2ccnc(-c3ccccn3)c2)cc1.[Ru].c1ccc(-c2ccccn2)nc1.c1ccc(-c2ccccn2)nc1. The molecule has 0 unspecified atom stereocenters. The summed E-state index contributed by atoms with van der Waals surface area (Å²) in [6.07, 6.45) is 10.6. The summed E-state index contributed by atoms with van der Waals surface area (Å²) in [6, 6.07) is 40.7. The van der Waals surface area contributed by atoms with Crippen LogP contribution in [-0.4, -0.2) is 29.9 Å². The second-order valence-corrected chi connectivity index (χ2v) is 9.18. The maximum Gasteiger partial charge on any atom is 0.129 e. The summed E-state index contributed by atoms with van der Waals surface area (Å²) in [6.45, 7) is 0. The summed E-state index contributed by atoms with van der Waals surface area (Å²) in [4.78, 5) is 25.4. The standard InChI is InChI=1S/C16H12N4.2C10H8N2.Ru/c17-20-14-6-4-12(5-7-14)13-8-10-19-16(11-13)15-3-1-2-9-18-15;2*1-3-7-11-9(5-1)10-6-2-4-8-12-10;/h1-11,17H;2*1-8H;/p+1. The second-order valence-electron chi connectivity index (χ2n) is 9.18. The summed E-state index contributed by atoms with van der Waals surface area (Å²) in [5.74, 6) is 0. The number of rotatable bonds is 5. The topological polar surface area (TPSA) is 115 Å². The first-order chi connectivity index (χ1) is 21.8. The van der Waals surface area contributed by atoms with E-state index in [2.05, 4.69) is 35.0 Å². The van der Waals surface area contributed by atoms with Gasteiger partial charge in [0.1, 0.15) is 5.69 Å². The number of hydrogen-bond acceptors (Lipinski definition) is 7. The van der Waals surface area contributed by atoms with Gasteiger partial charge in [-0.25, -0.2) is 0 Å². The van der Waals surface area contributed by atoms with Gasteiger partial charge in [0, 0.05) is 56.7 Å². The predicted molar refractivity (Wildman–Crippen MR) is 172 cm³/mol. The molecular weight excluding hydrogens is 646 g/mol. The third-order valence-corrected chi connectivity index (χ3v) is 6.22. The van der Waals surface area contributed by atoms with Crippen LogP contribution in [0.1, 0.15) is 0 Å². The Labute approximate surface area is 274 Å². The van der Waals surface area contributed by atoms with E-state index in [4.69, 9.17) is 5.53 Å². The van der Waals surface area contributed by atoms with E-state index in [1.54, 1.807) is 37.2 Å². The van der Waals surface area contributed by atoms with Gasteiger partial charge < -0.3 is 0 Å². The van der Waals surface area contributed by atoms with Crippen molar-refractivity contribution in [2.75, 3.05) is 0 Å². The van der Waals surface area contributed by atoms with Crippen LogP contribution in [0.4, 0.5) is 5.69 Å². The molecule has 8 nitrogen and oxygen atoms in total. The van der Waals surface area contributed by atoms with Gasteiger partial charge in [-0.2, -0.15) is 5.53 Å². The van der Waals surface area contributed by atoms with E-state index in [1.165, 1.54) is 0 Å². The number of benzene rings is 1. The first-order valence-corrected chi connectivity index (χ1v) is 13.8. The van der Waals surface area contributed by atoms with Crippen molar-refractivity contribution in [2.45, 2.75) is 0 Å². The molecule has 45 heavy (non-hydrogen) atoms. The van der Waals surface area contributed by atoms with Gasteiger partial charge in [-0.1, -0.05) is 42.5 Å². The van der Waals surface area contributed by atoms with Crippen molar-refractivity contribution in [1.82, 2.24) is 29.9 Å². The Morgan fingerprint density at radius 1 is 0.356 bits per heavy atom. The van der Waals surface area contributed by atoms with Crippen LogP contribution in [0.5, 0.6) is 0 Å². The number of nitrogens with zero attached hydrogens (tertiary/aromatic N) is 7. The largest absolute Gasteiger partial charge is 0.255 e. The summed E-state index contributed by atoms with van der Waals surface area (Å²) in [5, 5.41) is 3.65. The van der Waals surface area contributed by atoms with Crippen LogP contribution in [0, 0.1) is 0 Å². The van der Waals surface area contributed by atoms with Crippen LogP contribution in [-0.2, 0) is 19.5 Å². The molecule has 9 heteroatoms. The Morgan fingerprint density at radius 2 is 0.711 bits per heavy atom. The van der Waals surface area contributed by atoms with Crippen LogP contribution in [0.15, 0.2) is 170 Å². The van der Waals surface area contributed by atoms with E-state index in [1.807, 2.05) is 127 Å². The molecule has 220 valence electrons. The quantitative estimate of drug-likeness (QED) is 0.156. The zero-order valence-corrected chi connectivity index (χ0v) is 25.9. The van der Waals surface area contributed by atoms with Gasteiger partial charge in [-0.3, -0.25) is 29.9 Å². The summed E-state index contributed by atoms with van der Waals surface area (Å²) in [5.41, 5.74) is 13.6. The minimum absolute atomic E-state index is 0. The van der Waals surface area contributed by atoms with Gasteiger partial charge in [-0.15, -0.1) is 0 Å². The minimum Gasteiger partial charge on any atom is -0.255 e. The van der Waals surface area contributed by atoms with E-state index in [0.717, 1.165) is 51.0 Å². The monoisotopic (exact) mass is 675 g/mol. The van der Waals surface area contributed by atoms with Gasteiger partial charge in [0.05, 0.1) is 34.2 Å². The number of pyridine rings is 6. The zero-order chi connectivity index (χ0) is 30.2. The molecule has 7 rings (SSSR count).